The van der Waals surface area contributed by atoms with Crippen molar-refractivity contribution >= 4 is 11.5 Å². The van der Waals surface area contributed by atoms with Crippen LogP contribution in [0.5, 0.6) is 0 Å². The fourth-order valence-corrected chi connectivity index (χ4v) is 2.88. The predicted octanol–water partition coefficient (Wildman–Crippen LogP) is 6.66. The van der Waals surface area contributed by atoms with Crippen LogP contribution >= 0.6 is 0 Å². The molecule has 1 aromatic rings. The Labute approximate surface area is 158 Å². The Kier molecular flexibility index (Phi) is 9.43. The second-order valence-electron chi connectivity index (χ2n) is 6.58. The van der Waals surface area contributed by atoms with Crippen molar-refractivity contribution in [2.24, 2.45) is 0 Å². The highest BCUT2D eigenvalue weighted by Gasteiger charge is 2.07. The number of carbonyl (C=O) groups is 1. The third-order valence-corrected chi connectivity index (χ3v) is 4.32. The number of carboxylic acid groups (broad SMARTS) is 1. The molecule has 0 radical (unpaired) electrons. The van der Waals surface area contributed by atoms with Crippen LogP contribution in [0, 0.1) is 6.92 Å². The van der Waals surface area contributed by atoms with Gasteiger partial charge in [-0.1, -0.05) is 68.8 Å². The standard InChI is InChI=1S/C24H32O2/c1-6-9-12-22(15-19(5)21(11-8-3)17-24(25)26)23-14-13-18(4)20(16-23)10-7-2/h8-9,11-16H,6-7,10,17H2,1-5H3,(H,25,26)/b11-8-,12-9-,21-19-,22-15+. The molecule has 0 atom stereocenters. The zero-order valence-electron chi connectivity index (χ0n) is 16.8. The van der Waals surface area contributed by atoms with Gasteiger partial charge in [-0.2, -0.15) is 0 Å². The van der Waals surface area contributed by atoms with Crippen LogP contribution in [0.25, 0.3) is 5.57 Å². The number of rotatable bonds is 9. The number of carboxylic acids is 1. The molecule has 2 heteroatoms. The van der Waals surface area contributed by atoms with Gasteiger partial charge in [-0.05, 0) is 67.0 Å². The monoisotopic (exact) mass is 352 g/mol. The predicted molar refractivity (Wildman–Crippen MR) is 112 cm³/mol. The molecule has 140 valence electrons. The minimum atomic E-state index is -0.808. The first-order valence-corrected chi connectivity index (χ1v) is 9.45. The van der Waals surface area contributed by atoms with Crippen molar-refractivity contribution in [1.82, 2.24) is 0 Å². The number of hydrogen-bond donors (Lipinski definition) is 1. The number of aryl methyl sites for hydroxylation is 2. The SMILES string of the molecule is C\C=C/C(CC(=O)O)=C(C)/C=C(\C=C/CC)c1ccc(C)c(CCC)c1. The van der Waals surface area contributed by atoms with Crippen LogP contribution in [0.3, 0.4) is 0 Å². The largest absolute Gasteiger partial charge is 0.481 e. The highest BCUT2D eigenvalue weighted by Crippen LogP contribution is 2.24. The van der Waals surface area contributed by atoms with E-state index < -0.39 is 5.97 Å². The smallest absolute Gasteiger partial charge is 0.307 e. The lowest BCUT2D eigenvalue weighted by Gasteiger charge is -2.11. The Morgan fingerprint density at radius 1 is 1.19 bits per heavy atom. The van der Waals surface area contributed by atoms with Gasteiger partial charge in [0.2, 0.25) is 0 Å². The van der Waals surface area contributed by atoms with Gasteiger partial charge < -0.3 is 5.11 Å². The lowest BCUT2D eigenvalue weighted by molar-refractivity contribution is -0.136. The second kappa shape index (κ2) is 11.3. The molecule has 0 bridgehead atoms. The quantitative estimate of drug-likeness (QED) is 0.504. The number of aliphatic carboxylic acids is 1. The van der Waals surface area contributed by atoms with Crippen LogP contribution in [0.1, 0.15) is 63.6 Å². The van der Waals surface area contributed by atoms with Crippen LogP contribution in [0.2, 0.25) is 0 Å². The molecule has 2 nitrogen and oxygen atoms in total. The average molecular weight is 353 g/mol. The van der Waals surface area contributed by atoms with E-state index in [2.05, 4.69) is 57.2 Å². The molecule has 1 aromatic carbocycles. The van der Waals surface area contributed by atoms with Crippen molar-refractivity contribution < 1.29 is 9.90 Å². The molecule has 0 aliphatic rings. The highest BCUT2D eigenvalue weighted by atomic mass is 16.4. The zero-order valence-corrected chi connectivity index (χ0v) is 16.8. The topological polar surface area (TPSA) is 37.3 Å². The van der Waals surface area contributed by atoms with Crippen LogP contribution < -0.4 is 0 Å². The van der Waals surface area contributed by atoms with E-state index in [-0.39, 0.29) is 6.42 Å². The summed E-state index contributed by atoms with van der Waals surface area (Å²) in [5.74, 6) is -0.808. The van der Waals surface area contributed by atoms with Crippen LogP contribution in [-0.2, 0) is 11.2 Å². The van der Waals surface area contributed by atoms with Gasteiger partial charge in [0.1, 0.15) is 0 Å². The molecule has 0 fully saturated rings. The molecule has 1 N–H and O–H groups in total. The number of allylic oxidation sites excluding steroid dienone is 7. The van der Waals surface area contributed by atoms with Crippen molar-refractivity contribution in [2.45, 2.75) is 60.3 Å². The maximum atomic E-state index is 11.2. The van der Waals surface area contributed by atoms with Crippen molar-refractivity contribution in [3.63, 3.8) is 0 Å². The molecule has 0 amide bonds. The van der Waals surface area contributed by atoms with Gasteiger partial charge >= 0.3 is 5.97 Å². The molecule has 0 heterocycles. The summed E-state index contributed by atoms with van der Waals surface area (Å²) in [5.41, 5.74) is 6.82. The van der Waals surface area contributed by atoms with Gasteiger partial charge in [0.05, 0.1) is 6.42 Å². The van der Waals surface area contributed by atoms with E-state index in [9.17, 15) is 9.90 Å². The zero-order chi connectivity index (χ0) is 19.5. The lowest BCUT2D eigenvalue weighted by Crippen LogP contribution is -1.98. The van der Waals surface area contributed by atoms with E-state index >= 15 is 0 Å². The third kappa shape index (κ3) is 6.87. The summed E-state index contributed by atoms with van der Waals surface area (Å²) in [7, 11) is 0. The van der Waals surface area contributed by atoms with Gasteiger partial charge in [0, 0.05) is 0 Å². The molecule has 0 saturated heterocycles. The Bertz CT molecular complexity index is 731. The molecular weight excluding hydrogens is 320 g/mol. The molecular formula is C24H32O2. The first kappa shape index (κ1) is 21.7. The highest BCUT2D eigenvalue weighted by molar-refractivity contribution is 5.78. The van der Waals surface area contributed by atoms with E-state index in [4.69, 9.17) is 0 Å². The summed E-state index contributed by atoms with van der Waals surface area (Å²) in [6.45, 7) is 10.4. The number of benzene rings is 1. The molecule has 0 spiro atoms. The molecule has 0 unspecified atom stereocenters. The first-order valence-electron chi connectivity index (χ1n) is 9.45. The maximum absolute atomic E-state index is 11.2. The molecule has 0 aliphatic heterocycles. The van der Waals surface area contributed by atoms with Gasteiger partial charge in [-0.15, -0.1) is 0 Å². The normalized spacial score (nSPS) is 13.5. The van der Waals surface area contributed by atoms with Crippen LogP contribution in [0.4, 0.5) is 0 Å². The summed E-state index contributed by atoms with van der Waals surface area (Å²) in [4.78, 5) is 11.2. The summed E-state index contributed by atoms with van der Waals surface area (Å²) < 4.78 is 0. The fourth-order valence-electron chi connectivity index (χ4n) is 2.88. The van der Waals surface area contributed by atoms with Gasteiger partial charge in [-0.25, -0.2) is 0 Å². The molecule has 0 aliphatic carbocycles. The third-order valence-electron chi connectivity index (χ3n) is 4.32. The van der Waals surface area contributed by atoms with Gasteiger partial charge in [0.15, 0.2) is 0 Å². The fraction of sp³-hybridized carbons (Fsp3) is 0.375. The summed E-state index contributed by atoms with van der Waals surface area (Å²) in [6, 6.07) is 6.60. The molecule has 0 saturated carbocycles. The van der Waals surface area contributed by atoms with Crippen molar-refractivity contribution in [3.05, 3.63) is 76.4 Å². The lowest BCUT2D eigenvalue weighted by atomic mass is 9.94. The Morgan fingerprint density at radius 3 is 2.50 bits per heavy atom. The van der Waals surface area contributed by atoms with E-state index in [1.807, 2.05) is 26.0 Å². The van der Waals surface area contributed by atoms with Gasteiger partial charge in [-0.3, -0.25) is 4.79 Å². The minimum Gasteiger partial charge on any atom is -0.481 e. The van der Waals surface area contributed by atoms with Crippen LogP contribution in [0.15, 0.2) is 59.7 Å². The van der Waals surface area contributed by atoms with Crippen molar-refractivity contribution in [3.8, 4) is 0 Å². The average Bonchev–Trinajstić information content (AvgIpc) is 2.60. The Hall–Kier alpha value is -2.35. The first-order chi connectivity index (χ1) is 12.4. The minimum absolute atomic E-state index is 0.0342. The maximum Gasteiger partial charge on any atom is 0.307 e. The van der Waals surface area contributed by atoms with Crippen molar-refractivity contribution in [2.75, 3.05) is 0 Å². The van der Waals surface area contributed by atoms with Crippen molar-refractivity contribution in [1.29, 1.82) is 0 Å². The molecule has 26 heavy (non-hydrogen) atoms. The summed E-state index contributed by atoms with van der Waals surface area (Å²) in [5, 5.41) is 9.18. The van der Waals surface area contributed by atoms with E-state index in [0.29, 0.717) is 0 Å². The Morgan fingerprint density at radius 2 is 1.92 bits per heavy atom. The van der Waals surface area contributed by atoms with Gasteiger partial charge in [0.25, 0.3) is 0 Å². The molecule has 1 rings (SSSR count). The van der Waals surface area contributed by atoms with E-state index in [1.54, 1.807) is 0 Å². The second-order valence-corrected chi connectivity index (χ2v) is 6.58. The van der Waals surface area contributed by atoms with Crippen LogP contribution in [-0.4, -0.2) is 11.1 Å². The summed E-state index contributed by atoms with van der Waals surface area (Å²) >= 11 is 0. The summed E-state index contributed by atoms with van der Waals surface area (Å²) in [6.07, 6.45) is 13.4. The Balaban J connectivity index is 3.45. The number of hydrogen-bond acceptors (Lipinski definition) is 1. The molecule has 0 aromatic heterocycles. The van der Waals surface area contributed by atoms with E-state index in [0.717, 1.165) is 36.0 Å². The van der Waals surface area contributed by atoms with E-state index in [1.165, 1.54) is 16.7 Å².